The molecule has 0 amide bonds. The molecule has 3 unspecified atom stereocenters. The highest BCUT2D eigenvalue weighted by Crippen LogP contribution is 2.45. The molecule has 2 saturated carbocycles. The minimum atomic E-state index is -0.150. The molecule has 0 aliphatic heterocycles. The molecule has 3 atom stereocenters. The zero-order valence-corrected chi connectivity index (χ0v) is 12.8. The Bertz CT molecular complexity index is 377. The van der Waals surface area contributed by atoms with E-state index in [0.717, 1.165) is 25.7 Å². The van der Waals surface area contributed by atoms with E-state index in [1.807, 2.05) is 0 Å². The van der Waals surface area contributed by atoms with Crippen molar-refractivity contribution in [2.24, 2.45) is 17.8 Å². The van der Waals surface area contributed by atoms with Gasteiger partial charge in [-0.05, 0) is 56.8 Å². The fourth-order valence-corrected chi connectivity index (χ4v) is 4.42. The van der Waals surface area contributed by atoms with Crippen LogP contribution in [-0.2, 0) is 9.53 Å². The van der Waals surface area contributed by atoms with Gasteiger partial charge in [-0.25, -0.2) is 0 Å². The van der Waals surface area contributed by atoms with E-state index in [1.54, 1.807) is 0 Å². The highest BCUT2D eigenvalue weighted by Gasteiger charge is 2.43. The van der Waals surface area contributed by atoms with E-state index in [1.165, 1.54) is 38.5 Å². The van der Waals surface area contributed by atoms with E-state index < -0.39 is 0 Å². The summed E-state index contributed by atoms with van der Waals surface area (Å²) in [7, 11) is 0. The summed E-state index contributed by atoms with van der Waals surface area (Å²) in [5.74, 6) is 1.37. The molecule has 112 valence electrons. The molecule has 20 heavy (non-hydrogen) atoms. The van der Waals surface area contributed by atoms with Gasteiger partial charge in [0.05, 0.1) is 5.92 Å². The van der Waals surface area contributed by atoms with Crippen molar-refractivity contribution < 1.29 is 9.53 Å². The molecule has 2 fully saturated rings. The summed E-state index contributed by atoms with van der Waals surface area (Å²) in [5, 5.41) is 0. The first-order valence-electron chi connectivity index (χ1n) is 8.64. The van der Waals surface area contributed by atoms with Gasteiger partial charge in [-0.1, -0.05) is 38.3 Å². The molecule has 0 spiro atoms. The van der Waals surface area contributed by atoms with Crippen molar-refractivity contribution >= 4 is 5.97 Å². The van der Waals surface area contributed by atoms with Gasteiger partial charge in [0.15, 0.2) is 0 Å². The number of carbonyl (C=O) groups is 1. The van der Waals surface area contributed by atoms with Crippen LogP contribution in [0.1, 0.15) is 71.1 Å². The van der Waals surface area contributed by atoms with Gasteiger partial charge in [0.1, 0.15) is 5.60 Å². The number of fused-ring (bicyclic) bond motifs is 2. The minimum absolute atomic E-state index is 0.101. The molecule has 2 nitrogen and oxygen atoms in total. The summed E-state index contributed by atoms with van der Waals surface area (Å²) in [4.78, 5) is 12.6. The van der Waals surface area contributed by atoms with Crippen LogP contribution in [0.3, 0.4) is 0 Å². The van der Waals surface area contributed by atoms with Crippen LogP contribution in [0.25, 0.3) is 0 Å². The summed E-state index contributed by atoms with van der Waals surface area (Å²) < 4.78 is 6.13. The Hall–Kier alpha value is -0.790. The molecule has 0 aromatic rings. The van der Waals surface area contributed by atoms with Crippen LogP contribution in [0.15, 0.2) is 12.2 Å². The number of allylic oxidation sites excluding steroid dienone is 2. The molecule has 2 bridgehead atoms. The fraction of sp³-hybridized carbons (Fsp3) is 0.833. The maximum atomic E-state index is 12.6. The summed E-state index contributed by atoms with van der Waals surface area (Å²) in [6.07, 6.45) is 16.3. The predicted molar refractivity (Wildman–Crippen MR) is 80.3 cm³/mol. The molecule has 0 aromatic carbocycles. The summed E-state index contributed by atoms with van der Waals surface area (Å²) in [6.45, 7) is 2.19. The van der Waals surface area contributed by atoms with E-state index in [9.17, 15) is 4.79 Å². The molecule has 0 heterocycles. The summed E-state index contributed by atoms with van der Waals surface area (Å²) in [6, 6.07) is 0. The fourth-order valence-electron chi connectivity index (χ4n) is 4.42. The third-order valence-electron chi connectivity index (χ3n) is 5.81. The quantitative estimate of drug-likeness (QED) is 0.554. The Morgan fingerprint density at radius 3 is 2.35 bits per heavy atom. The van der Waals surface area contributed by atoms with E-state index in [4.69, 9.17) is 4.74 Å². The first kappa shape index (κ1) is 14.2. The van der Waals surface area contributed by atoms with Crippen molar-refractivity contribution in [1.82, 2.24) is 0 Å². The largest absolute Gasteiger partial charge is 0.459 e. The van der Waals surface area contributed by atoms with Crippen molar-refractivity contribution in [3.05, 3.63) is 12.2 Å². The van der Waals surface area contributed by atoms with Gasteiger partial charge in [-0.15, -0.1) is 0 Å². The Morgan fingerprint density at radius 1 is 1.10 bits per heavy atom. The highest BCUT2D eigenvalue weighted by molar-refractivity contribution is 5.74. The second kappa shape index (κ2) is 5.91. The van der Waals surface area contributed by atoms with Crippen molar-refractivity contribution in [1.29, 1.82) is 0 Å². The van der Waals surface area contributed by atoms with Crippen LogP contribution >= 0.6 is 0 Å². The lowest BCUT2D eigenvalue weighted by molar-refractivity contribution is -0.168. The molecule has 2 heteroatoms. The summed E-state index contributed by atoms with van der Waals surface area (Å²) >= 11 is 0. The normalized spacial score (nSPS) is 35.5. The first-order valence-corrected chi connectivity index (χ1v) is 8.64. The van der Waals surface area contributed by atoms with E-state index in [0.29, 0.717) is 11.8 Å². The monoisotopic (exact) mass is 276 g/mol. The molecule has 0 radical (unpaired) electrons. The predicted octanol–water partition coefficient (Wildman–Crippen LogP) is 4.63. The number of esters is 1. The van der Waals surface area contributed by atoms with E-state index >= 15 is 0 Å². The second-order valence-electron chi connectivity index (χ2n) is 7.11. The minimum Gasteiger partial charge on any atom is -0.459 e. The first-order chi connectivity index (χ1) is 9.72. The standard InChI is InChI=1S/C18H28O2/c1-2-18(10-6-4-3-5-7-11-18)20-17(19)16-13-14-8-9-15(16)12-14/h8-9,14-16H,2-7,10-13H2,1H3. The van der Waals surface area contributed by atoms with Gasteiger partial charge in [0.25, 0.3) is 0 Å². The lowest BCUT2D eigenvalue weighted by Gasteiger charge is -2.35. The van der Waals surface area contributed by atoms with Crippen molar-refractivity contribution in [3.63, 3.8) is 0 Å². The number of hydrogen-bond donors (Lipinski definition) is 0. The van der Waals surface area contributed by atoms with Gasteiger partial charge in [0.2, 0.25) is 0 Å². The molecule has 0 saturated heterocycles. The van der Waals surface area contributed by atoms with Crippen LogP contribution in [0.2, 0.25) is 0 Å². The lowest BCUT2D eigenvalue weighted by atomic mass is 9.84. The molecule has 0 N–H and O–H groups in total. The third-order valence-corrected chi connectivity index (χ3v) is 5.81. The maximum absolute atomic E-state index is 12.6. The van der Waals surface area contributed by atoms with E-state index in [2.05, 4.69) is 19.1 Å². The average molecular weight is 276 g/mol. The Balaban J connectivity index is 1.64. The zero-order valence-electron chi connectivity index (χ0n) is 12.8. The molecule has 3 aliphatic carbocycles. The molecular formula is C18H28O2. The van der Waals surface area contributed by atoms with Crippen LogP contribution in [0, 0.1) is 17.8 Å². The van der Waals surface area contributed by atoms with Crippen molar-refractivity contribution in [3.8, 4) is 0 Å². The number of carbonyl (C=O) groups excluding carboxylic acids is 1. The van der Waals surface area contributed by atoms with Gasteiger partial charge >= 0.3 is 5.97 Å². The molecule has 3 aliphatic rings. The smallest absolute Gasteiger partial charge is 0.310 e. The Morgan fingerprint density at radius 2 is 1.80 bits per heavy atom. The van der Waals surface area contributed by atoms with Crippen molar-refractivity contribution in [2.45, 2.75) is 76.7 Å². The Kier molecular flexibility index (Phi) is 4.18. The Labute approximate surface area is 123 Å². The highest BCUT2D eigenvalue weighted by atomic mass is 16.6. The topological polar surface area (TPSA) is 26.3 Å². The zero-order chi connectivity index (χ0) is 14.0. The van der Waals surface area contributed by atoms with Crippen LogP contribution in [0.5, 0.6) is 0 Å². The van der Waals surface area contributed by atoms with Gasteiger partial charge in [-0.2, -0.15) is 0 Å². The third kappa shape index (κ3) is 2.80. The summed E-state index contributed by atoms with van der Waals surface area (Å²) in [5.41, 5.74) is -0.150. The van der Waals surface area contributed by atoms with Crippen LogP contribution in [-0.4, -0.2) is 11.6 Å². The van der Waals surface area contributed by atoms with Crippen LogP contribution in [0.4, 0.5) is 0 Å². The van der Waals surface area contributed by atoms with E-state index in [-0.39, 0.29) is 17.5 Å². The van der Waals surface area contributed by atoms with Gasteiger partial charge in [0, 0.05) is 0 Å². The number of ether oxygens (including phenoxy) is 1. The SMILES string of the molecule is CCC1(OC(=O)C2CC3C=CC2C3)CCCCCCC1. The maximum Gasteiger partial charge on any atom is 0.310 e. The number of rotatable bonds is 3. The molecule has 3 rings (SSSR count). The van der Waals surface area contributed by atoms with Gasteiger partial charge in [-0.3, -0.25) is 4.79 Å². The lowest BCUT2D eigenvalue weighted by Crippen LogP contribution is -2.38. The average Bonchev–Trinajstić information content (AvgIpc) is 3.04. The second-order valence-corrected chi connectivity index (χ2v) is 7.11. The van der Waals surface area contributed by atoms with Crippen LogP contribution < -0.4 is 0 Å². The number of hydrogen-bond acceptors (Lipinski definition) is 2. The van der Waals surface area contributed by atoms with Gasteiger partial charge < -0.3 is 4.74 Å². The van der Waals surface area contributed by atoms with Crippen molar-refractivity contribution in [2.75, 3.05) is 0 Å². The molecular weight excluding hydrogens is 248 g/mol. The molecule has 0 aromatic heterocycles.